The van der Waals surface area contributed by atoms with E-state index in [0.717, 1.165) is 5.56 Å². The van der Waals surface area contributed by atoms with Gasteiger partial charge in [-0.1, -0.05) is 0 Å². The fourth-order valence-electron chi connectivity index (χ4n) is 1.23. The first-order valence-corrected chi connectivity index (χ1v) is 4.32. The molecule has 0 amide bonds. The SMILES string of the molecule is COC(=O)C(C)(N)Cc1ccncc1.Cl.Cl. The van der Waals surface area contributed by atoms with Crippen molar-refractivity contribution in [1.29, 1.82) is 0 Å². The van der Waals surface area contributed by atoms with Crippen LogP contribution < -0.4 is 5.73 Å². The minimum atomic E-state index is -0.976. The first-order valence-electron chi connectivity index (χ1n) is 4.32. The summed E-state index contributed by atoms with van der Waals surface area (Å²) in [5, 5.41) is 0. The molecule has 1 heterocycles. The van der Waals surface area contributed by atoms with E-state index in [4.69, 9.17) is 5.73 Å². The van der Waals surface area contributed by atoms with Crippen molar-refractivity contribution in [3.05, 3.63) is 30.1 Å². The molecule has 2 N–H and O–H groups in total. The molecule has 0 saturated heterocycles. The van der Waals surface area contributed by atoms with Crippen LogP contribution in [0.3, 0.4) is 0 Å². The number of hydrogen-bond donors (Lipinski definition) is 1. The van der Waals surface area contributed by atoms with Gasteiger partial charge < -0.3 is 10.5 Å². The molecule has 1 rings (SSSR count). The molecule has 0 fully saturated rings. The zero-order chi connectivity index (χ0) is 10.6. The summed E-state index contributed by atoms with van der Waals surface area (Å²) in [6.45, 7) is 1.65. The van der Waals surface area contributed by atoms with E-state index < -0.39 is 11.5 Å². The molecular weight excluding hydrogens is 251 g/mol. The number of methoxy groups -OCH3 is 1. The van der Waals surface area contributed by atoms with Crippen LogP contribution in [-0.4, -0.2) is 23.6 Å². The number of nitrogens with two attached hydrogens (primary N) is 1. The largest absolute Gasteiger partial charge is 0.468 e. The van der Waals surface area contributed by atoms with E-state index in [1.165, 1.54) is 7.11 Å². The second-order valence-corrected chi connectivity index (χ2v) is 3.44. The molecule has 4 nitrogen and oxygen atoms in total. The van der Waals surface area contributed by atoms with Crippen molar-refractivity contribution in [1.82, 2.24) is 4.98 Å². The Morgan fingerprint density at radius 3 is 2.38 bits per heavy atom. The highest BCUT2D eigenvalue weighted by atomic mass is 35.5. The number of carbonyl (C=O) groups excluding carboxylic acids is 1. The van der Waals surface area contributed by atoms with Gasteiger partial charge in [0.25, 0.3) is 0 Å². The molecule has 1 atom stereocenters. The topological polar surface area (TPSA) is 65.2 Å². The lowest BCUT2D eigenvalue weighted by atomic mass is 9.95. The van der Waals surface area contributed by atoms with Crippen molar-refractivity contribution in [3.63, 3.8) is 0 Å². The number of rotatable bonds is 3. The molecule has 0 aliphatic rings. The Morgan fingerprint density at radius 2 is 1.94 bits per heavy atom. The summed E-state index contributed by atoms with van der Waals surface area (Å²) in [7, 11) is 1.33. The normalized spacial score (nSPS) is 12.7. The molecular formula is C10H16Cl2N2O2. The zero-order valence-corrected chi connectivity index (χ0v) is 10.8. The average molecular weight is 267 g/mol. The number of ether oxygens (including phenoxy) is 1. The van der Waals surface area contributed by atoms with Crippen molar-refractivity contribution >= 4 is 30.8 Å². The van der Waals surface area contributed by atoms with Gasteiger partial charge in [-0.2, -0.15) is 0 Å². The van der Waals surface area contributed by atoms with Crippen LogP contribution in [0.1, 0.15) is 12.5 Å². The summed E-state index contributed by atoms with van der Waals surface area (Å²) in [5.74, 6) is -0.408. The van der Waals surface area contributed by atoms with Gasteiger partial charge in [-0.05, 0) is 24.6 Å². The van der Waals surface area contributed by atoms with Gasteiger partial charge in [0.2, 0.25) is 0 Å². The van der Waals surface area contributed by atoms with E-state index in [1.807, 2.05) is 12.1 Å². The first-order chi connectivity index (χ1) is 6.56. The lowest BCUT2D eigenvalue weighted by Gasteiger charge is -2.21. The number of hydrogen-bond acceptors (Lipinski definition) is 4. The molecule has 0 aromatic carbocycles. The fraction of sp³-hybridized carbons (Fsp3) is 0.400. The van der Waals surface area contributed by atoms with E-state index >= 15 is 0 Å². The maximum atomic E-state index is 11.3. The summed E-state index contributed by atoms with van der Waals surface area (Å²) in [5.41, 5.74) is 5.80. The maximum Gasteiger partial charge on any atom is 0.325 e. The van der Waals surface area contributed by atoms with Gasteiger partial charge in [0.1, 0.15) is 5.54 Å². The summed E-state index contributed by atoms with van der Waals surface area (Å²) >= 11 is 0. The highest BCUT2D eigenvalue weighted by Crippen LogP contribution is 2.11. The lowest BCUT2D eigenvalue weighted by molar-refractivity contribution is -0.146. The van der Waals surface area contributed by atoms with Crippen molar-refractivity contribution in [2.24, 2.45) is 5.73 Å². The van der Waals surface area contributed by atoms with Crippen LogP contribution in [0.4, 0.5) is 0 Å². The van der Waals surface area contributed by atoms with Crippen LogP contribution in [0.2, 0.25) is 0 Å². The van der Waals surface area contributed by atoms with Gasteiger partial charge in [-0.3, -0.25) is 9.78 Å². The molecule has 0 bridgehead atoms. The molecule has 0 aliphatic heterocycles. The number of pyridine rings is 1. The highest BCUT2D eigenvalue weighted by molar-refractivity contribution is 5.85. The van der Waals surface area contributed by atoms with Gasteiger partial charge in [0, 0.05) is 18.8 Å². The van der Waals surface area contributed by atoms with Crippen LogP contribution in [0.25, 0.3) is 0 Å². The van der Waals surface area contributed by atoms with Crippen molar-refractivity contribution in [2.45, 2.75) is 18.9 Å². The fourth-order valence-corrected chi connectivity index (χ4v) is 1.23. The lowest BCUT2D eigenvalue weighted by Crippen LogP contribution is -2.47. The highest BCUT2D eigenvalue weighted by Gasteiger charge is 2.29. The second-order valence-electron chi connectivity index (χ2n) is 3.44. The number of esters is 1. The van der Waals surface area contributed by atoms with E-state index in [2.05, 4.69) is 9.72 Å². The van der Waals surface area contributed by atoms with Crippen molar-refractivity contribution in [2.75, 3.05) is 7.11 Å². The summed E-state index contributed by atoms with van der Waals surface area (Å²) in [6.07, 6.45) is 3.79. The van der Waals surface area contributed by atoms with Gasteiger partial charge in [0.15, 0.2) is 0 Å². The minimum absolute atomic E-state index is 0. The molecule has 0 spiro atoms. The first kappa shape index (κ1) is 17.6. The summed E-state index contributed by atoms with van der Waals surface area (Å²) in [6, 6.07) is 3.65. The molecule has 16 heavy (non-hydrogen) atoms. The summed E-state index contributed by atoms with van der Waals surface area (Å²) in [4.78, 5) is 15.2. The Hall–Kier alpha value is -0.840. The second kappa shape index (κ2) is 7.44. The van der Waals surface area contributed by atoms with E-state index in [9.17, 15) is 4.79 Å². The van der Waals surface area contributed by atoms with Crippen molar-refractivity contribution < 1.29 is 9.53 Å². The number of aromatic nitrogens is 1. The van der Waals surface area contributed by atoms with E-state index in [0.29, 0.717) is 6.42 Å². The third-order valence-corrected chi connectivity index (χ3v) is 1.97. The van der Waals surface area contributed by atoms with E-state index in [1.54, 1.807) is 19.3 Å². The Kier molecular flexibility index (Phi) is 8.16. The predicted molar refractivity (Wildman–Crippen MR) is 67.0 cm³/mol. The standard InChI is InChI=1S/C10H14N2O2.2ClH/c1-10(11,9(13)14-2)7-8-3-5-12-6-4-8;;/h3-6H,7,11H2,1-2H3;2*1H. The Balaban J connectivity index is 0. The number of halogens is 2. The van der Waals surface area contributed by atoms with Crippen LogP contribution in [0, 0.1) is 0 Å². The monoisotopic (exact) mass is 266 g/mol. The van der Waals surface area contributed by atoms with Crippen LogP contribution in [-0.2, 0) is 16.0 Å². The number of nitrogens with zero attached hydrogens (tertiary/aromatic N) is 1. The molecule has 0 aliphatic carbocycles. The van der Waals surface area contributed by atoms with E-state index in [-0.39, 0.29) is 24.8 Å². The molecule has 92 valence electrons. The number of carbonyl (C=O) groups is 1. The molecule has 1 aromatic heterocycles. The summed E-state index contributed by atoms with van der Waals surface area (Å²) < 4.78 is 4.61. The zero-order valence-electron chi connectivity index (χ0n) is 9.17. The van der Waals surface area contributed by atoms with Crippen LogP contribution >= 0.6 is 24.8 Å². The smallest absolute Gasteiger partial charge is 0.325 e. The Bertz CT molecular complexity index is 318. The van der Waals surface area contributed by atoms with Crippen LogP contribution in [0.15, 0.2) is 24.5 Å². The van der Waals surface area contributed by atoms with Gasteiger partial charge >= 0.3 is 5.97 Å². The van der Waals surface area contributed by atoms with Gasteiger partial charge in [0.05, 0.1) is 7.11 Å². The maximum absolute atomic E-state index is 11.3. The Morgan fingerprint density at radius 1 is 1.44 bits per heavy atom. The predicted octanol–water partition coefficient (Wildman–Crippen LogP) is 1.36. The van der Waals surface area contributed by atoms with Crippen LogP contribution in [0.5, 0.6) is 0 Å². The van der Waals surface area contributed by atoms with Gasteiger partial charge in [-0.15, -0.1) is 24.8 Å². The Labute approximate surface area is 107 Å². The molecule has 1 aromatic rings. The third-order valence-electron chi connectivity index (χ3n) is 1.97. The molecule has 6 heteroatoms. The van der Waals surface area contributed by atoms with Gasteiger partial charge in [-0.25, -0.2) is 0 Å². The molecule has 0 saturated carbocycles. The quantitative estimate of drug-likeness (QED) is 0.840. The third kappa shape index (κ3) is 4.79. The minimum Gasteiger partial charge on any atom is -0.468 e. The molecule has 0 radical (unpaired) electrons. The average Bonchev–Trinajstić information content (AvgIpc) is 2.17. The molecule has 1 unspecified atom stereocenters. The van der Waals surface area contributed by atoms with Crippen molar-refractivity contribution in [3.8, 4) is 0 Å².